The van der Waals surface area contributed by atoms with Crippen LogP contribution in [0.5, 0.6) is 0 Å². The van der Waals surface area contributed by atoms with E-state index in [9.17, 15) is 9.59 Å². The quantitative estimate of drug-likeness (QED) is 0.625. The molecular formula is C18H21NO3S. The zero-order valence-electron chi connectivity index (χ0n) is 13.4. The van der Waals surface area contributed by atoms with E-state index in [1.165, 1.54) is 17.1 Å². The maximum atomic E-state index is 11.7. The molecule has 2 aromatic rings. The highest BCUT2D eigenvalue weighted by atomic mass is 32.2. The summed E-state index contributed by atoms with van der Waals surface area (Å²) in [5, 5.41) is 5.01. The minimum atomic E-state index is -0.386. The Hall–Kier alpha value is -2.01. The summed E-state index contributed by atoms with van der Waals surface area (Å²) in [4.78, 5) is 24.2. The summed E-state index contributed by atoms with van der Waals surface area (Å²) in [5.41, 5.74) is 0. The summed E-state index contributed by atoms with van der Waals surface area (Å²) in [6.07, 6.45) is 0. The van der Waals surface area contributed by atoms with Crippen molar-refractivity contribution >= 4 is 34.4 Å². The van der Waals surface area contributed by atoms with Crippen LogP contribution in [0.25, 0.3) is 10.8 Å². The molecule has 0 saturated heterocycles. The van der Waals surface area contributed by atoms with E-state index in [0.717, 1.165) is 10.3 Å². The van der Waals surface area contributed by atoms with Crippen LogP contribution in [0.3, 0.4) is 0 Å². The van der Waals surface area contributed by atoms with Crippen LogP contribution in [-0.4, -0.2) is 30.8 Å². The van der Waals surface area contributed by atoms with E-state index in [1.54, 1.807) is 0 Å². The van der Waals surface area contributed by atoms with Gasteiger partial charge in [0.15, 0.2) is 6.61 Å². The van der Waals surface area contributed by atoms with Gasteiger partial charge in [0.2, 0.25) is 0 Å². The lowest BCUT2D eigenvalue weighted by atomic mass is 10.1. The molecular weight excluding hydrogens is 310 g/mol. The summed E-state index contributed by atoms with van der Waals surface area (Å²) in [6.45, 7) is 4.38. The number of nitrogens with one attached hydrogen (secondary N) is 1. The minimum Gasteiger partial charge on any atom is -0.455 e. The van der Waals surface area contributed by atoms with Crippen LogP contribution < -0.4 is 5.32 Å². The number of benzene rings is 2. The first kappa shape index (κ1) is 17.3. The van der Waals surface area contributed by atoms with E-state index in [0.29, 0.717) is 12.5 Å². The van der Waals surface area contributed by atoms with E-state index in [4.69, 9.17) is 4.74 Å². The normalized spacial score (nSPS) is 10.7. The Morgan fingerprint density at radius 2 is 1.87 bits per heavy atom. The van der Waals surface area contributed by atoms with Gasteiger partial charge in [0, 0.05) is 11.4 Å². The number of esters is 1. The first-order valence-electron chi connectivity index (χ1n) is 7.58. The molecule has 1 amide bonds. The average molecular weight is 331 g/mol. The number of thioether (sulfide) groups is 1. The second-order valence-electron chi connectivity index (χ2n) is 5.66. The SMILES string of the molecule is CC(C)CNC(=O)COC(=O)CSc1ccc2ccccc2c1. The largest absolute Gasteiger partial charge is 0.455 e. The molecule has 0 bridgehead atoms. The monoisotopic (exact) mass is 331 g/mol. The van der Waals surface area contributed by atoms with Gasteiger partial charge in [-0.3, -0.25) is 9.59 Å². The van der Waals surface area contributed by atoms with Crippen LogP contribution in [0, 0.1) is 5.92 Å². The van der Waals surface area contributed by atoms with Crippen LogP contribution in [0.4, 0.5) is 0 Å². The van der Waals surface area contributed by atoms with Crippen LogP contribution in [0.1, 0.15) is 13.8 Å². The molecule has 0 saturated carbocycles. The fourth-order valence-corrected chi connectivity index (χ4v) is 2.70. The van der Waals surface area contributed by atoms with Crippen molar-refractivity contribution in [2.24, 2.45) is 5.92 Å². The number of fused-ring (bicyclic) bond motifs is 1. The van der Waals surface area contributed by atoms with Gasteiger partial charge in [0.1, 0.15) is 0 Å². The smallest absolute Gasteiger partial charge is 0.316 e. The standard InChI is InChI=1S/C18H21NO3S/c1-13(2)10-19-17(20)11-22-18(21)12-23-16-8-7-14-5-3-4-6-15(14)9-16/h3-9,13H,10-12H2,1-2H3,(H,19,20). The Labute approximate surface area is 140 Å². The summed E-state index contributed by atoms with van der Waals surface area (Å²) < 4.78 is 4.97. The number of carbonyl (C=O) groups excluding carboxylic acids is 2. The van der Waals surface area contributed by atoms with Crippen LogP contribution >= 0.6 is 11.8 Å². The van der Waals surface area contributed by atoms with E-state index in [2.05, 4.69) is 5.32 Å². The van der Waals surface area contributed by atoms with Gasteiger partial charge in [0.25, 0.3) is 5.91 Å². The van der Waals surface area contributed by atoms with Crippen molar-refractivity contribution in [1.29, 1.82) is 0 Å². The molecule has 0 unspecified atom stereocenters. The Balaban J connectivity index is 1.76. The van der Waals surface area contributed by atoms with Crippen molar-refractivity contribution in [3.8, 4) is 0 Å². The summed E-state index contributed by atoms with van der Waals surface area (Å²) in [5.74, 6) is -0.0841. The van der Waals surface area contributed by atoms with E-state index in [1.807, 2.05) is 56.3 Å². The molecule has 4 nitrogen and oxygen atoms in total. The summed E-state index contributed by atoms with van der Waals surface area (Å²) >= 11 is 1.41. The van der Waals surface area contributed by atoms with Gasteiger partial charge in [-0.25, -0.2) is 0 Å². The molecule has 23 heavy (non-hydrogen) atoms. The molecule has 0 aliphatic heterocycles. The minimum absolute atomic E-state index is 0.190. The highest BCUT2D eigenvalue weighted by molar-refractivity contribution is 8.00. The molecule has 5 heteroatoms. The van der Waals surface area contributed by atoms with Crippen molar-refractivity contribution in [2.45, 2.75) is 18.7 Å². The zero-order chi connectivity index (χ0) is 16.7. The van der Waals surface area contributed by atoms with Crippen molar-refractivity contribution in [3.63, 3.8) is 0 Å². The second kappa shape index (κ2) is 8.58. The Morgan fingerprint density at radius 1 is 1.13 bits per heavy atom. The summed E-state index contributed by atoms with van der Waals surface area (Å²) in [6, 6.07) is 14.1. The van der Waals surface area contributed by atoms with Gasteiger partial charge >= 0.3 is 5.97 Å². The Bertz CT molecular complexity index is 685. The van der Waals surface area contributed by atoms with Crippen molar-refractivity contribution < 1.29 is 14.3 Å². The molecule has 0 atom stereocenters. The van der Waals surface area contributed by atoms with Gasteiger partial charge in [0.05, 0.1) is 5.75 Å². The topological polar surface area (TPSA) is 55.4 Å². The predicted octanol–water partition coefficient (Wildman–Crippen LogP) is 3.25. The third-order valence-electron chi connectivity index (χ3n) is 3.15. The third-order valence-corrected chi connectivity index (χ3v) is 4.12. The lowest BCUT2D eigenvalue weighted by Crippen LogP contribution is -2.31. The summed E-state index contributed by atoms with van der Waals surface area (Å²) in [7, 11) is 0. The van der Waals surface area contributed by atoms with Gasteiger partial charge in [-0.2, -0.15) is 0 Å². The molecule has 0 spiro atoms. The molecule has 0 aliphatic rings. The van der Waals surface area contributed by atoms with Gasteiger partial charge in [-0.1, -0.05) is 44.2 Å². The van der Waals surface area contributed by atoms with Gasteiger partial charge < -0.3 is 10.1 Å². The maximum Gasteiger partial charge on any atom is 0.316 e. The van der Waals surface area contributed by atoms with Crippen molar-refractivity contribution in [3.05, 3.63) is 42.5 Å². The fraction of sp³-hybridized carbons (Fsp3) is 0.333. The number of amides is 1. The van der Waals surface area contributed by atoms with Crippen molar-refractivity contribution in [1.82, 2.24) is 5.32 Å². The molecule has 0 aliphatic carbocycles. The molecule has 1 N–H and O–H groups in total. The van der Waals surface area contributed by atoms with E-state index >= 15 is 0 Å². The molecule has 2 aromatic carbocycles. The molecule has 2 rings (SSSR count). The van der Waals surface area contributed by atoms with E-state index in [-0.39, 0.29) is 24.2 Å². The van der Waals surface area contributed by atoms with Crippen LogP contribution in [0.2, 0.25) is 0 Å². The molecule has 122 valence electrons. The van der Waals surface area contributed by atoms with E-state index < -0.39 is 0 Å². The Kier molecular flexibility index (Phi) is 6.47. The molecule has 0 fully saturated rings. The number of carbonyl (C=O) groups is 2. The number of rotatable bonds is 7. The molecule has 0 radical (unpaired) electrons. The van der Waals surface area contributed by atoms with Gasteiger partial charge in [-0.15, -0.1) is 11.8 Å². The number of ether oxygens (including phenoxy) is 1. The molecule has 0 aromatic heterocycles. The first-order valence-corrected chi connectivity index (χ1v) is 8.57. The highest BCUT2D eigenvalue weighted by Crippen LogP contribution is 2.23. The average Bonchev–Trinajstić information content (AvgIpc) is 2.56. The highest BCUT2D eigenvalue weighted by Gasteiger charge is 2.08. The predicted molar refractivity (Wildman–Crippen MR) is 93.5 cm³/mol. The fourth-order valence-electron chi connectivity index (χ4n) is 1.96. The third kappa shape index (κ3) is 5.94. The number of hydrogen-bond acceptors (Lipinski definition) is 4. The zero-order valence-corrected chi connectivity index (χ0v) is 14.2. The maximum absolute atomic E-state index is 11.7. The lowest BCUT2D eigenvalue weighted by molar-refractivity contribution is -0.145. The first-order chi connectivity index (χ1) is 11.0. The second-order valence-corrected chi connectivity index (χ2v) is 6.70. The van der Waals surface area contributed by atoms with Crippen LogP contribution in [-0.2, 0) is 14.3 Å². The van der Waals surface area contributed by atoms with Crippen LogP contribution in [0.15, 0.2) is 47.4 Å². The number of hydrogen-bond donors (Lipinski definition) is 1. The Morgan fingerprint density at radius 3 is 2.61 bits per heavy atom. The van der Waals surface area contributed by atoms with Crippen molar-refractivity contribution in [2.75, 3.05) is 18.9 Å². The molecule has 0 heterocycles. The lowest BCUT2D eigenvalue weighted by Gasteiger charge is -2.08. The van der Waals surface area contributed by atoms with Gasteiger partial charge in [-0.05, 0) is 28.8 Å².